The van der Waals surface area contributed by atoms with Gasteiger partial charge in [0.05, 0.1) is 19.3 Å². The second-order valence-electron chi connectivity index (χ2n) is 4.53. The minimum absolute atomic E-state index is 0.251. The molecule has 0 rings (SSSR count). The van der Waals surface area contributed by atoms with E-state index >= 15 is 0 Å². The van der Waals surface area contributed by atoms with Crippen LogP contribution in [0.2, 0.25) is 0 Å². The number of hydrogen-bond donors (Lipinski definition) is 1. The molecule has 0 saturated heterocycles. The summed E-state index contributed by atoms with van der Waals surface area (Å²) < 4.78 is 10.4. The Morgan fingerprint density at radius 1 is 1.33 bits per heavy atom. The number of amides is 1. The van der Waals surface area contributed by atoms with Gasteiger partial charge in [-0.05, 0) is 26.2 Å². The molecule has 104 valence electrons. The van der Waals surface area contributed by atoms with E-state index in [2.05, 4.69) is 11.4 Å². The van der Waals surface area contributed by atoms with Crippen LogP contribution in [0.3, 0.4) is 0 Å². The number of ether oxygens (including phenoxy) is 2. The van der Waals surface area contributed by atoms with Gasteiger partial charge in [0.15, 0.2) is 0 Å². The third kappa shape index (κ3) is 8.04. The maximum absolute atomic E-state index is 11.7. The Hall–Kier alpha value is -1.12. The Labute approximate surface area is 109 Å². The third-order valence-corrected chi connectivity index (χ3v) is 2.35. The predicted octanol–water partition coefficient (Wildman–Crippen LogP) is 1.48. The van der Waals surface area contributed by atoms with Gasteiger partial charge in [0.2, 0.25) is 5.91 Å². The molecule has 0 heterocycles. The topological polar surface area (TPSA) is 71.3 Å². The van der Waals surface area contributed by atoms with E-state index in [1.54, 1.807) is 6.92 Å². The van der Waals surface area contributed by atoms with Gasteiger partial charge in [-0.15, -0.1) is 0 Å². The molecule has 1 N–H and O–H groups in total. The van der Waals surface area contributed by atoms with E-state index in [0.717, 1.165) is 0 Å². The maximum Gasteiger partial charge on any atom is 0.249 e. The van der Waals surface area contributed by atoms with Gasteiger partial charge < -0.3 is 14.8 Å². The van der Waals surface area contributed by atoms with Gasteiger partial charge in [-0.3, -0.25) is 4.79 Å². The first-order chi connectivity index (χ1) is 8.51. The third-order valence-electron chi connectivity index (χ3n) is 2.35. The van der Waals surface area contributed by atoms with Crippen molar-refractivity contribution in [2.45, 2.75) is 46.3 Å². The number of hydrogen-bond acceptors (Lipinski definition) is 4. The average molecular weight is 256 g/mol. The molecule has 18 heavy (non-hydrogen) atoms. The van der Waals surface area contributed by atoms with Crippen molar-refractivity contribution in [1.29, 1.82) is 5.26 Å². The molecule has 0 radical (unpaired) electrons. The molecule has 0 aliphatic rings. The van der Waals surface area contributed by atoms with Crippen LogP contribution >= 0.6 is 0 Å². The van der Waals surface area contributed by atoms with Crippen molar-refractivity contribution < 1.29 is 14.3 Å². The van der Waals surface area contributed by atoms with Crippen molar-refractivity contribution in [3.05, 3.63) is 0 Å². The molecule has 0 aromatic heterocycles. The fourth-order valence-electron chi connectivity index (χ4n) is 1.41. The standard InChI is InChI=1S/C13H24N2O3/c1-5-17-6-7-18-11(4)13(16)15-12(9-14)8-10(2)3/h10-12H,5-8H2,1-4H3,(H,15,16)/t11-,12-/m0/s1. The molecule has 1 amide bonds. The van der Waals surface area contributed by atoms with Crippen LogP contribution in [0.15, 0.2) is 0 Å². The number of carbonyl (C=O) groups excluding carboxylic acids is 1. The first kappa shape index (κ1) is 16.9. The van der Waals surface area contributed by atoms with Crippen LogP contribution < -0.4 is 5.32 Å². The lowest BCUT2D eigenvalue weighted by atomic mass is 10.0. The molecule has 0 fully saturated rings. The smallest absolute Gasteiger partial charge is 0.249 e. The van der Waals surface area contributed by atoms with Crippen molar-refractivity contribution in [2.24, 2.45) is 5.92 Å². The summed E-state index contributed by atoms with van der Waals surface area (Å²) in [4.78, 5) is 11.7. The largest absolute Gasteiger partial charge is 0.379 e. The molecule has 2 atom stereocenters. The Morgan fingerprint density at radius 3 is 2.50 bits per heavy atom. The van der Waals surface area contributed by atoms with E-state index in [9.17, 15) is 4.79 Å². The van der Waals surface area contributed by atoms with Crippen LogP contribution in [0.25, 0.3) is 0 Å². The fourth-order valence-corrected chi connectivity index (χ4v) is 1.41. The second-order valence-corrected chi connectivity index (χ2v) is 4.53. The van der Waals surface area contributed by atoms with Crippen molar-refractivity contribution >= 4 is 5.91 Å². The zero-order chi connectivity index (χ0) is 14.0. The summed E-state index contributed by atoms with van der Waals surface area (Å²) >= 11 is 0. The average Bonchev–Trinajstić information content (AvgIpc) is 2.32. The lowest BCUT2D eigenvalue weighted by Crippen LogP contribution is -2.41. The summed E-state index contributed by atoms with van der Waals surface area (Å²) in [6.45, 7) is 9.09. The lowest BCUT2D eigenvalue weighted by Gasteiger charge is -2.17. The fraction of sp³-hybridized carbons (Fsp3) is 0.846. The van der Waals surface area contributed by atoms with Crippen LogP contribution in [-0.2, 0) is 14.3 Å². The van der Waals surface area contributed by atoms with Gasteiger partial charge in [0.25, 0.3) is 0 Å². The number of carbonyl (C=O) groups is 1. The highest BCUT2D eigenvalue weighted by Crippen LogP contribution is 2.04. The van der Waals surface area contributed by atoms with Crippen LogP contribution in [0, 0.1) is 17.2 Å². The van der Waals surface area contributed by atoms with Crippen molar-refractivity contribution in [3.63, 3.8) is 0 Å². The van der Waals surface area contributed by atoms with Crippen molar-refractivity contribution in [2.75, 3.05) is 19.8 Å². The Kier molecular flexibility index (Phi) is 9.25. The Balaban J connectivity index is 3.94. The molecular formula is C13H24N2O3. The molecule has 5 nitrogen and oxygen atoms in total. The molecule has 0 aromatic rings. The molecule has 0 saturated carbocycles. The first-order valence-electron chi connectivity index (χ1n) is 6.40. The molecular weight excluding hydrogens is 232 g/mol. The van der Waals surface area contributed by atoms with Gasteiger partial charge in [-0.1, -0.05) is 13.8 Å². The van der Waals surface area contributed by atoms with Crippen molar-refractivity contribution in [3.8, 4) is 6.07 Å². The first-order valence-corrected chi connectivity index (χ1v) is 6.40. The SMILES string of the molecule is CCOCCO[C@@H](C)C(=O)N[C@H](C#N)CC(C)C. The van der Waals surface area contributed by atoms with E-state index in [1.165, 1.54) is 0 Å². The summed E-state index contributed by atoms with van der Waals surface area (Å²) in [7, 11) is 0. The summed E-state index contributed by atoms with van der Waals surface area (Å²) in [6.07, 6.45) is 0.0851. The van der Waals surface area contributed by atoms with E-state index in [1.807, 2.05) is 20.8 Å². The predicted molar refractivity (Wildman–Crippen MR) is 68.9 cm³/mol. The van der Waals surface area contributed by atoms with E-state index in [0.29, 0.717) is 32.2 Å². The highest BCUT2D eigenvalue weighted by Gasteiger charge is 2.18. The van der Waals surface area contributed by atoms with E-state index in [4.69, 9.17) is 14.7 Å². The summed E-state index contributed by atoms with van der Waals surface area (Å²) in [5.41, 5.74) is 0. The summed E-state index contributed by atoms with van der Waals surface area (Å²) in [5.74, 6) is 0.114. The van der Waals surface area contributed by atoms with Gasteiger partial charge in [0, 0.05) is 6.61 Å². The maximum atomic E-state index is 11.7. The van der Waals surface area contributed by atoms with Crippen LogP contribution in [0.1, 0.15) is 34.1 Å². The summed E-state index contributed by atoms with van der Waals surface area (Å²) in [6, 6.07) is 1.63. The number of nitriles is 1. The minimum Gasteiger partial charge on any atom is -0.379 e. The van der Waals surface area contributed by atoms with Crippen LogP contribution in [0.4, 0.5) is 0 Å². The van der Waals surface area contributed by atoms with Gasteiger partial charge in [-0.25, -0.2) is 0 Å². The molecule has 0 aliphatic carbocycles. The molecule has 0 unspecified atom stereocenters. The number of nitrogens with one attached hydrogen (secondary N) is 1. The monoisotopic (exact) mass is 256 g/mol. The Bertz CT molecular complexity index is 274. The van der Waals surface area contributed by atoms with Crippen LogP contribution in [-0.4, -0.2) is 37.9 Å². The number of rotatable bonds is 9. The molecule has 0 spiro atoms. The zero-order valence-corrected chi connectivity index (χ0v) is 11.7. The van der Waals surface area contributed by atoms with Gasteiger partial charge in [0.1, 0.15) is 12.1 Å². The molecule has 0 aliphatic heterocycles. The quantitative estimate of drug-likeness (QED) is 0.634. The lowest BCUT2D eigenvalue weighted by molar-refractivity contribution is -0.133. The molecule has 0 aromatic carbocycles. The second kappa shape index (κ2) is 9.86. The highest BCUT2D eigenvalue weighted by molar-refractivity contribution is 5.80. The van der Waals surface area contributed by atoms with Crippen LogP contribution in [0.5, 0.6) is 0 Å². The normalized spacial score (nSPS) is 14.0. The van der Waals surface area contributed by atoms with E-state index < -0.39 is 12.1 Å². The molecule has 0 bridgehead atoms. The molecule has 5 heteroatoms. The number of nitrogens with zero attached hydrogens (tertiary/aromatic N) is 1. The summed E-state index contributed by atoms with van der Waals surface area (Å²) in [5, 5.41) is 11.6. The van der Waals surface area contributed by atoms with Gasteiger partial charge >= 0.3 is 0 Å². The van der Waals surface area contributed by atoms with Gasteiger partial charge in [-0.2, -0.15) is 5.26 Å². The van der Waals surface area contributed by atoms with E-state index in [-0.39, 0.29) is 5.91 Å². The minimum atomic E-state index is -0.562. The Morgan fingerprint density at radius 2 is 2.00 bits per heavy atom. The zero-order valence-electron chi connectivity index (χ0n) is 11.7. The highest BCUT2D eigenvalue weighted by atomic mass is 16.5. The van der Waals surface area contributed by atoms with Crippen molar-refractivity contribution in [1.82, 2.24) is 5.32 Å².